The van der Waals surface area contributed by atoms with Gasteiger partial charge < -0.3 is 0 Å². The smallest absolute Gasteiger partial charge is 0.122 e. The van der Waals surface area contributed by atoms with Crippen LogP contribution in [-0.2, 0) is 0 Å². The van der Waals surface area contributed by atoms with Crippen LogP contribution in [0.4, 0.5) is 0 Å². The van der Waals surface area contributed by atoms with Crippen LogP contribution in [0.1, 0.15) is 45.0 Å². The van der Waals surface area contributed by atoms with E-state index in [0.29, 0.717) is 0 Å². The minimum absolute atomic E-state index is 0.859. The van der Waals surface area contributed by atoms with E-state index in [1.807, 2.05) is 24.3 Å². The standard InChI is InChI=1S/C52H42N8Si2/c1-61(49(41-27-15-31-53-57-41)45(37-19-7-3-8-20-37)46(38-21-9-4-10-22-38)50(61)42-28-16-32-54-58-42)35-36-62(2)51(43-29-17-33-55-59-43)47(39-23-11-5-12-24-39)48(40-25-13-6-14-26-40)52(62)44-30-18-34-56-60-44/h3-34H,35-36H2,1-2H3. The van der Waals surface area contributed by atoms with Crippen LogP contribution in [0.25, 0.3) is 43.1 Å². The lowest BCUT2D eigenvalue weighted by atomic mass is 9.90. The van der Waals surface area contributed by atoms with Crippen molar-refractivity contribution >= 4 is 59.2 Å². The zero-order valence-electron chi connectivity index (χ0n) is 34.5. The lowest BCUT2D eigenvalue weighted by molar-refractivity contribution is 1.01. The SMILES string of the molecule is C[Si]1(CC[Si]2(C)C(c3cccnn3)=C(c3ccccc3)C(c3ccccc3)=C2c2cccnn2)C(c2cccnn2)=C(c2ccccc2)C(c2ccccc2)=C1c1cccnn1. The van der Waals surface area contributed by atoms with Crippen LogP contribution in [0.3, 0.4) is 0 Å². The summed E-state index contributed by atoms with van der Waals surface area (Å²) in [6.07, 6.45) is 7.03. The summed E-state index contributed by atoms with van der Waals surface area (Å²) in [4.78, 5) is 0. The van der Waals surface area contributed by atoms with Gasteiger partial charge in [-0.1, -0.05) is 147 Å². The highest BCUT2D eigenvalue weighted by Gasteiger charge is 2.53. The monoisotopic (exact) mass is 834 g/mol. The zero-order chi connectivity index (χ0) is 41.9. The maximum atomic E-state index is 4.93. The second-order valence-electron chi connectivity index (χ2n) is 16.1. The van der Waals surface area contributed by atoms with Gasteiger partial charge in [0.15, 0.2) is 0 Å². The van der Waals surface area contributed by atoms with Gasteiger partial charge in [-0.15, -0.1) is 0 Å². The molecule has 2 aliphatic heterocycles. The summed E-state index contributed by atoms with van der Waals surface area (Å²) in [7, 11) is -5.85. The predicted molar refractivity (Wildman–Crippen MR) is 254 cm³/mol. The number of allylic oxidation sites excluding steroid dienone is 4. The van der Waals surface area contributed by atoms with Gasteiger partial charge in [0, 0.05) is 24.8 Å². The molecule has 2 aliphatic rings. The lowest BCUT2D eigenvalue weighted by Crippen LogP contribution is -2.40. The Kier molecular flexibility index (Phi) is 10.4. The van der Waals surface area contributed by atoms with Crippen molar-refractivity contribution < 1.29 is 0 Å². The van der Waals surface area contributed by atoms with Crippen molar-refractivity contribution in [2.24, 2.45) is 0 Å². The van der Waals surface area contributed by atoms with Gasteiger partial charge in [-0.3, -0.25) is 0 Å². The number of aromatic nitrogens is 8. The van der Waals surface area contributed by atoms with Crippen LogP contribution in [-0.4, -0.2) is 56.9 Å². The van der Waals surface area contributed by atoms with Crippen molar-refractivity contribution in [3.8, 4) is 0 Å². The van der Waals surface area contributed by atoms with E-state index in [1.165, 1.54) is 43.1 Å². The molecule has 0 saturated carbocycles. The summed E-state index contributed by atoms with van der Waals surface area (Å²) < 4.78 is 0. The van der Waals surface area contributed by atoms with Crippen LogP contribution in [0.5, 0.6) is 0 Å². The molecule has 0 bridgehead atoms. The molecule has 0 atom stereocenters. The van der Waals surface area contributed by atoms with E-state index in [0.717, 1.165) is 57.1 Å². The molecule has 0 radical (unpaired) electrons. The van der Waals surface area contributed by atoms with Gasteiger partial charge in [-0.25, -0.2) is 0 Å². The number of benzene rings is 4. The summed E-state index contributed by atoms with van der Waals surface area (Å²) in [5, 5.41) is 42.8. The fourth-order valence-electron chi connectivity index (χ4n) is 9.81. The first-order chi connectivity index (χ1) is 30.6. The van der Waals surface area contributed by atoms with Gasteiger partial charge in [0.25, 0.3) is 0 Å². The second-order valence-corrected chi connectivity index (χ2v) is 24.4. The molecule has 62 heavy (non-hydrogen) atoms. The predicted octanol–water partition coefficient (Wildman–Crippen LogP) is 10.9. The maximum absolute atomic E-state index is 4.93. The molecule has 0 amide bonds. The largest absolute Gasteiger partial charge is 0.159 e. The van der Waals surface area contributed by atoms with Gasteiger partial charge in [0.2, 0.25) is 0 Å². The van der Waals surface area contributed by atoms with E-state index in [2.05, 4.69) is 179 Å². The third-order valence-electron chi connectivity index (χ3n) is 12.4. The fourth-order valence-corrected chi connectivity index (χ4v) is 21.4. The van der Waals surface area contributed by atoms with Crippen LogP contribution >= 0.6 is 0 Å². The van der Waals surface area contributed by atoms with Crippen LogP contribution in [0.15, 0.2) is 195 Å². The number of rotatable bonds is 11. The fraction of sp³-hybridized carbons (Fsp3) is 0.0769. The highest BCUT2D eigenvalue weighted by molar-refractivity contribution is 7.17. The Morgan fingerprint density at radius 1 is 0.290 bits per heavy atom. The molecule has 10 heteroatoms. The van der Waals surface area contributed by atoms with Crippen molar-refractivity contribution in [3.05, 3.63) is 240 Å². The Bertz CT molecular complexity index is 2580. The number of hydrogen-bond donors (Lipinski definition) is 0. The molecule has 0 saturated heterocycles. The zero-order valence-corrected chi connectivity index (χ0v) is 36.5. The number of hydrogen-bond acceptors (Lipinski definition) is 8. The quantitative estimate of drug-likeness (QED) is 0.119. The molecule has 4 aromatic heterocycles. The van der Waals surface area contributed by atoms with E-state index in [9.17, 15) is 0 Å². The van der Waals surface area contributed by atoms with Gasteiger partial charge in [0.05, 0.1) is 22.8 Å². The molecule has 0 unspecified atom stereocenters. The Morgan fingerprint density at radius 3 is 0.710 bits per heavy atom. The van der Waals surface area contributed by atoms with Crippen LogP contribution < -0.4 is 0 Å². The highest BCUT2D eigenvalue weighted by atomic mass is 28.3. The van der Waals surface area contributed by atoms with Gasteiger partial charge in [-0.05, 0) is 114 Å². The molecule has 0 N–H and O–H groups in total. The molecule has 8 aromatic rings. The van der Waals surface area contributed by atoms with E-state index >= 15 is 0 Å². The normalized spacial score (nSPS) is 15.7. The molecule has 298 valence electrons. The summed E-state index contributed by atoms with van der Waals surface area (Å²) in [5.41, 5.74) is 12.8. The summed E-state index contributed by atoms with van der Waals surface area (Å²) in [6, 6.07) is 61.3. The third-order valence-corrected chi connectivity index (χ3v) is 21.8. The molecule has 0 aliphatic carbocycles. The summed E-state index contributed by atoms with van der Waals surface area (Å²) >= 11 is 0. The van der Waals surface area contributed by atoms with Crippen LogP contribution in [0.2, 0.25) is 25.2 Å². The minimum Gasteiger partial charge on any atom is -0.159 e. The first kappa shape index (κ1) is 38.8. The Hall–Kier alpha value is -7.41. The average Bonchev–Trinajstić information content (AvgIpc) is 3.79. The van der Waals surface area contributed by atoms with Crippen molar-refractivity contribution in [1.29, 1.82) is 0 Å². The van der Waals surface area contributed by atoms with E-state index in [-0.39, 0.29) is 0 Å². The molecule has 10 rings (SSSR count). The highest BCUT2D eigenvalue weighted by Crippen LogP contribution is 2.61. The van der Waals surface area contributed by atoms with Gasteiger partial charge in [-0.2, -0.15) is 40.8 Å². The lowest BCUT2D eigenvalue weighted by Gasteiger charge is -2.35. The van der Waals surface area contributed by atoms with E-state index < -0.39 is 16.1 Å². The Labute approximate surface area is 363 Å². The van der Waals surface area contributed by atoms with Crippen molar-refractivity contribution in [3.63, 3.8) is 0 Å². The van der Waals surface area contributed by atoms with E-state index in [4.69, 9.17) is 20.4 Å². The molecule has 6 heterocycles. The van der Waals surface area contributed by atoms with Crippen molar-refractivity contribution in [2.75, 3.05) is 0 Å². The first-order valence-corrected chi connectivity index (χ1v) is 26.3. The molecular formula is C52H42N8Si2. The molecule has 4 aromatic carbocycles. The summed E-state index contributed by atoms with van der Waals surface area (Å²) in [5.74, 6) is 0. The minimum atomic E-state index is -2.92. The van der Waals surface area contributed by atoms with Crippen LogP contribution in [0, 0.1) is 0 Å². The number of nitrogens with zero attached hydrogens (tertiary/aromatic N) is 8. The Morgan fingerprint density at radius 2 is 0.516 bits per heavy atom. The van der Waals surface area contributed by atoms with Gasteiger partial charge in [0.1, 0.15) is 16.1 Å². The first-order valence-electron chi connectivity index (χ1n) is 20.9. The molecular weight excluding hydrogens is 793 g/mol. The Balaban J connectivity index is 1.29. The molecule has 0 fully saturated rings. The molecule has 0 spiro atoms. The van der Waals surface area contributed by atoms with E-state index in [1.54, 1.807) is 24.8 Å². The average molecular weight is 835 g/mol. The molecule has 8 nitrogen and oxygen atoms in total. The topological polar surface area (TPSA) is 103 Å². The second kappa shape index (κ2) is 16.6. The van der Waals surface area contributed by atoms with Crippen molar-refractivity contribution in [1.82, 2.24) is 40.8 Å². The summed E-state index contributed by atoms with van der Waals surface area (Å²) in [6.45, 7) is 5.03. The third kappa shape index (κ3) is 6.79. The van der Waals surface area contributed by atoms with Crippen molar-refractivity contribution in [2.45, 2.75) is 25.2 Å². The van der Waals surface area contributed by atoms with Gasteiger partial charge >= 0.3 is 0 Å². The maximum Gasteiger partial charge on any atom is 0.122 e.